The minimum Gasteiger partial charge on any atom is -0.326 e. The lowest BCUT2D eigenvalue weighted by molar-refractivity contribution is 1.07. The Morgan fingerprint density at radius 2 is 2.18 bits per heavy atom. The van der Waals surface area contributed by atoms with Crippen molar-refractivity contribution in [2.45, 2.75) is 6.54 Å². The number of benzene rings is 1. The van der Waals surface area contributed by atoms with Gasteiger partial charge in [0.15, 0.2) is 0 Å². The van der Waals surface area contributed by atoms with Crippen LogP contribution in [-0.4, -0.2) is 0 Å². The van der Waals surface area contributed by atoms with Crippen molar-refractivity contribution in [3.05, 3.63) is 35.4 Å². The fourth-order valence-corrected chi connectivity index (χ4v) is 0.768. The quantitative estimate of drug-likeness (QED) is 0.770. The first-order valence-corrected chi connectivity index (χ1v) is 3.06. The van der Waals surface area contributed by atoms with Crippen molar-refractivity contribution in [1.29, 1.82) is 5.26 Å². The summed E-state index contributed by atoms with van der Waals surface area (Å²) in [6.45, 7) is 0.496. The van der Waals surface area contributed by atoms with Crippen LogP contribution in [0, 0.1) is 11.3 Å². The van der Waals surface area contributed by atoms with Gasteiger partial charge in [0.2, 0.25) is 0 Å². The number of hydrogen-bond acceptors (Lipinski definition) is 2. The van der Waals surface area contributed by atoms with Gasteiger partial charge in [-0.25, -0.2) is 0 Å². The van der Waals surface area contributed by atoms with E-state index in [2.05, 4.69) is 0 Å². The summed E-state index contributed by atoms with van der Waals surface area (Å²) in [6, 6.07) is 9.34. The van der Waals surface area contributed by atoms with Gasteiger partial charge in [0.25, 0.3) is 0 Å². The topological polar surface area (TPSA) is 49.8 Å². The molecule has 0 saturated carbocycles. The van der Waals surface area contributed by atoms with Crippen molar-refractivity contribution in [3.8, 4) is 6.07 Å². The summed E-state index contributed by atoms with van der Waals surface area (Å²) in [6.07, 6.45) is 0. The molecule has 2 N–H and O–H groups in total. The smallest absolute Gasteiger partial charge is 0.0991 e. The molecule has 0 aliphatic carbocycles. The van der Waals surface area contributed by atoms with Crippen LogP contribution < -0.4 is 5.73 Å². The van der Waals surface area contributed by atoms with E-state index in [1.54, 1.807) is 12.1 Å². The Labute approximate surface area is 76.4 Å². The average Bonchev–Trinajstić information content (AvgIpc) is 2.05. The Morgan fingerprint density at radius 3 is 2.73 bits per heavy atom. The SMILES string of the molecule is Br.N#Cc1cccc(CN)c1. The molecule has 0 aromatic heterocycles. The molecule has 58 valence electrons. The van der Waals surface area contributed by atoms with Gasteiger partial charge in [-0.05, 0) is 17.7 Å². The number of nitrogens with two attached hydrogens (primary N) is 1. The van der Waals surface area contributed by atoms with E-state index < -0.39 is 0 Å². The maximum atomic E-state index is 8.47. The van der Waals surface area contributed by atoms with Crippen LogP contribution in [-0.2, 0) is 6.54 Å². The number of nitrogens with zero attached hydrogens (tertiary/aromatic N) is 1. The monoisotopic (exact) mass is 212 g/mol. The van der Waals surface area contributed by atoms with E-state index in [-0.39, 0.29) is 17.0 Å². The Morgan fingerprint density at radius 1 is 1.45 bits per heavy atom. The molecule has 1 aromatic carbocycles. The van der Waals surface area contributed by atoms with E-state index in [9.17, 15) is 0 Å². The van der Waals surface area contributed by atoms with Crippen LogP contribution >= 0.6 is 17.0 Å². The van der Waals surface area contributed by atoms with Crippen molar-refractivity contribution >= 4 is 17.0 Å². The van der Waals surface area contributed by atoms with Crippen LogP contribution in [0.4, 0.5) is 0 Å². The molecule has 0 aliphatic heterocycles. The number of nitriles is 1. The van der Waals surface area contributed by atoms with E-state index in [4.69, 9.17) is 11.0 Å². The highest BCUT2D eigenvalue weighted by molar-refractivity contribution is 8.93. The van der Waals surface area contributed by atoms with Crippen molar-refractivity contribution in [2.24, 2.45) is 5.73 Å². The standard InChI is InChI=1S/C8H8N2.BrH/c9-5-7-2-1-3-8(4-7)6-10;/h1-4H,5,9H2;1H. The third-order valence-electron chi connectivity index (χ3n) is 1.29. The summed E-state index contributed by atoms with van der Waals surface area (Å²) < 4.78 is 0. The Bertz CT molecular complexity index is 265. The van der Waals surface area contributed by atoms with Crippen LogP contribution in [0.15, 0.2) is 24.3 Å². The number of hydrogen-bond donors (Lipinski definition) is 1. The van der Waals surface area contributed by atoms with Gasteiger partial charge in [-0.1, -0.05) is 12.1 Å². The van der Waals surface area contributed by atoms with Gasteiger partial charge in [-0.15, -0.1) is 17.0 Å². The maximum absolute atomic E-state index is 8.47. The minimum atomic E-state index is 0. The second-order valence-corrected chi connectivity index (χ2v) is 2.02. The van der Waals surface area contributed by atoms with Crippen LogP contribution in [0.3, 0.4) is 0 Å². The molecule has 2 nitrogen and oxygen atoms in total. The molecule has 0 radical (unpaired) electrons. The zero-order chi connectivity index (χ0) is 7.40. The fourth-order valence-electron chi connectivity index (χ4n) is 0.768. The normalized spacial score (nSPS) is 8.00. The van der Waals surface area contributed by atoms with Gasteiger partial charge in [0.1, 0.15) is 0 Å². The summed E-state index contributed by atoms with van der Waals surface area (Å²) in [5, 5.41) is 8.47. The third-order valence-corrected chi connectivity index (χ3v) is 1.29. The summed E-state index contributed by atoms with van der Waals surface area (Å²) in [4.78, 5) is 0. The highest BCUT2D eigenvalue weighted by Gasteiger charge is 1.90. The molecular weight excluding hydrogens is 204 g/mol. The van der Waals surface area contributed by atoms with Crippen molar-refractivity contribution in [3.63, 3.8) is 0 Å². The minimum absolute atomic E-state index is 0. The predicted molar refractivity (Wildman–Crippen MR) is 49.4 cm³/mol. The van der Waals surface area contributed by atoms with E-state index in [0.29, 0.717) is 12.1 Å². The molecule has 0 aliphatic rings. The van der Waals surface area contributed by atoms with Gasteiger partial charge in [-0.2, -0.15) is 5.26 Å². The summed E-state index contributed by atoms with van der Waals surface area (Å²) in [7, 11) is 0. The summed E-state index contributed by atoms with van der Waals surface area (Å²) in [5.41, 5.74) is 7.03. The first-order chi connectivity index (χ1) is 4.86. The van der Waals surface area contributed by atoms with E-state index >= 15 is 0 Å². The van der Waals surface area contributed by atoms with Gasteiger partial charge < -0.3 is 5.73 Å². The van der Waals surface area contributed by atoms with E-state index in [0.717, 1.165) is 5.56 Å². The van der Waals surface area contributed by atoms with Gasteiger partial charge in [0, 0.05) is 6.54 Å². The molecule has 1 rings (SSSR count). The van der Waals surface area contributed by atoms with Crippen LogP contribution in [0.5, 0.6) is 0 Å². The van der Waals surface area contributed by atoms with E-state index in [1.165, 1.54) is 0 Å². The summed E-state index contributed by atoms with van der Waals surface area (Å²) in [5.74, 6) is 0. The molecule has 3 heteroatoms. The lowest BCUT2D eigenvalue weighted by atomic mass is 10.1. The van der Waals surface area contributed by atoms with Crippen molar-refractivity contribution < 1.29 is 0 Å². The second kappa shape index (κ2) is 4.89. The Balaban J connectivity index is 0.000001000. The molecule has 0 unspecified atom stereocenters. The van der Waals surface area contributed by atoms with Crippen molar-refractivity contribution in [1.82, 2.24) is 0 Å². The molecule has 0 saturated heterocycles. The number of halogens is 1. The van der Waals surface area contributed by atoms with Gasteiger partial charge in [0.05, 0.1) is 11.6 Å². The average molecular weight is 213 g/mol. The first-order valence-electron chi connectivity index (χ1n) is 3.06. The Kier molecular flexibility index (Phi) is 4.51. The largest absolute Gasteiger partial charge is 0.326 e. The third kappa shape index (κ3) is 2.71. The molecule has 0 amide bonds. The molecule has 0 bridgehead atoms. The van der Waals surface area contributed by atoms with Gasteiger partial charge >= 0.3 is 0 Å². The van der Waals surface area contributed by atoms with Crippen LogP contribution in [0.1, 0.15) is 11.1 Å². The predicted octanol–water partition coefficient (Wildman–Crippen LogP) is 1.59. The maximum Gasteiger partial charge on any atom is 0.0991 e. The highest BCUT2D eigenvalue weighted by Crippen LogP contribution is 2.01. The summed E-state index contributed by atoms with van der Waals surface area (Å²) >= 11 is 0. The molecular formula is C8H9BrN2. The molecule has 0 spiro atoms. The number of rotatable bonds is 1. The molecule has 0 atom stereocenters. The first kappa shape index (κ1) is 10.2. The lowest BCUT2D eigenvalue weighted by Gasteiger charge is -1.93. The molecule has 1 aromatic rings. The van der Waals surface area contributed by atoms with E-state index in [1.807, 2.05) is 18.2 Å². The lowest BCUT2D eigenvalue weighted by Crippen LogP contribution is -1.95. The molecule has 11 heavy (non-hydrogen) atoms. The zero-order valence-electron chi connectivity index (χ0n) is 5.95. The van der Waals surface area contributed by atoms with Crippen LogP contribution in [0.2, 0.25) is 0 Å². The van der Waals surface area contributed by atoms with Gasteiger partial charge in [-0.3, -0.25) is 0 Å². The molecule has 0 heterocycles. The molecule has 0 fully saturated rings. The highest BCUT2D eigenvalue weighted by atomic mass is 79.9. The Hall–Kier alpha value is -0.850. The second-order valence-electron chi connectivity index (χ2n) is 2.02. The zero-order valence-corrected chi connectivity index (χ0v) is 7.66. The van der Waals surface area contributed by atoms with Crippen molar-refractivity contribution in [2.75, 3.05) is 0 Å². The fraction of sp³-hybridized carbons (Fsp3) is 0.125. The van der Waals surface area contributed by atoms with Crippen LogP contribution in [0.25, 0.3) is 0 Å².